The molecule has 1 unspecified atom stereocenters. The van der Waals surface area contributed by atoms with E-state index in [-0.39, 0.29) is 6.04 Å². The highest BCUT2D eigenvalue weighted by Gasteiger charge is 1.96. The highest BCUT2D eigenvalue weighted by molar-refractivity contribution is 4.58. The zero-order valence-corrected chi connectivity index (χ0v) is 6.68. The van der Waals surface area contributed by atoms with Gasteiger partial charge in [0.15, 0.2) is 0 Å². The third-order valence-corrected chi connectivity index (χ3v) is 1.28. The predicted molar refractivity (Wildman–Crippen MR) is 42.8 cm³/mol. The van der Waals surface area contributed by atoms with Crippen LogP contribution in [-0.4, -0.2) is 25.8 Å². The molecule has 0 saturated heterocycles. The molecule has 62 valence electrons. The molecule has 10 heavy (non-hydrogen) atoms. The Kier molecular flexibility index (Phi) is 6.91. The van der Waals surface area contributed by atoms with Crippen molar-refractivity contribution in [2.24, 2.45) is 11.5 Å². The van der Waals surface area contributed by atoms with Crippen molar-refractivity contribution >= 4 is 0 Å². The maximum absolute atomic E-state index is 5.51. The van der Waals surface area contributed by atoms with Crippen molar-refractivity contribution in [3.05, 3.63) is 0 Å². The van der Waals surface area contributed by atoms with Gasteiger partial charge in [0.25, 0.3) is 0 Å². The van der Waals surface area contributed by atoms with Gasteiger partial charge in [-0.05, 0) is 6.42 Å². The molecule has 0 aliphatic heterocycles. The summed E-state index contributed by atoms with van der Waals surface area (Å²) in [5, 5.41) is 0. The molecule has 3 heteroatoms. The van der Waals surface area contributed by atoms with Gasteiger partial charge >= 0.3 is 0 Å². The Morgan fingerprint density at radius 3 is 2.70 bits per heavy atom. The number of ether oxygens (including phenoxy) is 1. The second-order valence-electron chi connectivity index (χ2n) is 2.42. The van der Waals surface area contributed by atoms with E-state index in [2.05, 4.69) is 6.92 Å². The zero-order valence-electron chi connectivity index (χ0n) is 6.68. The van der Waals surface area contributed by atoms with E-state index in [0.29, 0.717) is 13.2 Å². The maximum atomic E-state index is 5.51. The standard InChI is InChI=1S/C7H18N2O/c1-2-3-4-10-6-7(9)5-8/h7H,2-6,8-9H2,1H3. The van der Waals surface area contributed by atoms with Gasteiger partial charge in [-0.2, -0.15) is 0 Å². The lowest BCUT2D eigenvalue weighted by Crippen LogP contribution is -2.34. The van der Waals surface area contributed by atoms with Crippen molar-refractivity contribution in [3.63, 3.8) is 0 Å². The van der Waals surface area contributed by atoms with Crippen LogP contribution in [0.1, 0.15) is 19.8 Å². The average Bonchev–Trinajstić information content (AvgIpc) is 1.98. The fraction of sp³-hybridized carbons (Fsp3) is 1.00. The Hall–Kier alpha value is -0.120. The normalized spacial score (nSPS) is 13.5. The van der Waals surface area contributed by atoms with Crippen molar-refractivity contribution < 1.29 is 4.74 Å². The molecule has 4 N–H and O–H groups in total. The van der Waals surface area contributed by atoms with Crippen molar-refractivity contribution in [2.45, 2.75) is 25.8 Å². The molecule has 0 radical (unpaired) electrons. The summed E-state index contributed by atoms with van der Waals surface area (Å²) in [6.45, 7) is 4.04. The fourth-order valence-corrected chi connectivity index (χ4v) is 0.549. The van der Waals surface area contributed by atoms with Gasteiger partial charge in [0, 0.05) is 19.2 Å². The van der Waals surface area contributed by atoms with E-state index >= 15 is 0 Å². The average molecular weight is 146 g/mol. The molecule has 0 saturated carbocycles. The van der Waals surface area contributed by atoms with Crippen LogP contribution in [0.5, 0.6) is 0 Å². The summed E-state index contributed by atoms with van der Waals surface area (Å²) in [5.74, 6) is 0. The second kappa shape index (κ2) is 6.99. The highest BCUT2D eigenvalue weighted by atomic mass is 16.5. The molecule has 0 bridgehead atoms. The van der Waals surface area contributed by atoms with Gasteiger partial charge in [-0.25, -0.2) is 0 Å². The van der Waals surface area contributed by atoms with Gasteiger partial charge in [0.05, 0.1) is 6.61 Å². The van der Waals surface area contributed by atoms with Gasteiger partial charge in [0.2, 0.25) is 0 Å². The molecule has 0 amide bonds. The summed E-state index contributed by atoms with van der Waals surface area (Å²) in [6.07, 6.45) is 2.27. The summed E-state index contributed by atoms with van der Waals surface area (Å²) < 4.78 is 5.22. The highest BCUT2D eigenvalue weighted by Crippen LogP contribution is 1.88. The van der Waals surface area contributed by atoms with Crippen molar-refractivity contribution in [1.29, 1.82) is 0 Å². The van der Waals surface area contributed by atoms with Gasteiger partial charge in [-0.1, -0.05) is 13.3 Å². The zero-order chi connectivity index (χ0) is 7.82. The van der Waals surface area contributed by atoms with Crippen LogP contribution in [-0.2, 0) is 4.74 Å². The van der Waals surface area contributed by atoms with E-state index in [1.54, 1.807) is 0 Å². The second-order valence-corrected chi connectivity index (χ2v) is 2.42. The number of rotatable bonds is 6. The van der Waals surface area contributed by atoms with E-state index < -0.39 is 0 Å². The molecule has 0 rings (SSSR count). The van der Waals surface area contributed by atoms with E-state index in [0.717, 1.165) is 19.4 Å². The molecule has 0 aromatic rings. The molecular formula is C7H18N2O. The lowest BCUT2D eigenvalue weighted by Gasteiger charge is -2.08. The minimum atomic E-state index is 0.0110. The van der Waals surface area contributed by atoms with Crippen LogP contribution in [0.3, 0.4) is 0 Å². The molecule has 0 aromatic heterocycles. The van der Waals surface area contributed by atoms with Crippen molar-refractivity contribution in [2.75, 3.05) is 19.8 Å². The molecule has 0 heterocycles. The summed E-state index contributed by atoms with van der Waals surface area (Å²) in [4.78, 5) is 0. The van der Waals surface area contributed by atoms with Crippen LogP contribution >= 0.6 is 0 Å². The van der Waals surface area contributed by atoms with Crippen LogP contribution in [0.15, 0.2) is 0 Å². The number of hydrogen-bond donors (Lipinski definition) is 2. The van der Waals surface area contributed by atoms with Gasteiger partial charge in [-0.15, -0.1) is 0 Å². The fourth-order valence-electron chi connectivity index (χ4n) is 0.549. The molecule has 0 aliphatic rings. The molecule has 0 spiro atoms. The Balaban J connectivity index is 2.89. The van der Waals surface area contributed by atoms with Crippen LogP contribution in [0.4, 0.5) is 0 Å². The summed E-state index contributed by atoms with van der Waals surface area (Å²) in [6, 6.07) is 0.0110. The molecule has 1 atom stereocenters. The first-order chi connectivity index (χ1) is 4.81. The van der Waals surface area contributed by atoms with E-state index in [9.17, 15) is 0 Å². The number of nitrogens with two attached hydrogens (primary N) is 2. The first kappa shape index (κ1) is 9.88. The number of hydrogen-bond acceptors (Lipinski definition) is 3. The van der Waals surface area contributed by atoms with E-state index in [1.165, 1.54) is 0 Å². The third kappa shape index (κ3) is 6.01. The van der Waals surface area contributed by atoms with Gasteiger partial charge in [0.1, 0.15) is 0 Å². The van der Waals surface area contributed by atoms with Crippen LogP contribution in [0.25, 0.3) is 0 Å². The Bertz CT molecular complexity index is 68.6. The van der Waals surface area contributed by atoms with Crippen LogP contribution in [0, 0.1) is 0 Å². The molecule has 0 aliphatic carbocycles. The molecule has 3 nitrogen and oxygen atoms in total. The lowest BCUT2D eigenvalue weighted by atomic mass is 10.3. The van der Waals surface area contributed by atoms with Gasteiger partial charge < -0.3 is 16.2 Å². The summed E-state index contributed by atoms with van der Waals surface area (Å²) in [7, 11) is 0. The molecule has 0 aromatic carbocycles. The Morgan fingerprint density at radius 1 is 1.50 bits per heavy atom. The Morgan fingerprint density at radius 2 is 2.20 bits per heavy atom. The van der Waals surface area contributed by atoms with Crippen LogP contribution in [0.2, 0.25) is 0 Å². The SMILES string of the molecule is CCCCOCC(N)CN. The Labute approximate surface area is 62.7 Å². The van der Waals surface area contributed by atoms with E-state index in [1.807, 2.05) is 0 Å². The van der Waals surface area contributed by atoms with Crippen molar-refractivity contribution in [1.82, 2.24) is 0 Å². The largest absolute Gasteiger partial charge is 0.380 e. The number of unbranched alkanes of at least 4 members (excludes halogenated alkanes) is 1. The van der Waals surface area contributed by atoms with Gasteiger partial charge in [-0.3, -0.25) is 0 Å². The first-order valence-corrected chi connectivity index (χ1v) is 3.84. The minimum Gasteiger partial charge on any atom is -0.380 e. The monoisotopic (exact) mass is 146 g/mol. The predicted octanol–water partition coefficient (Wildman–Crippen LogP) is 0.0891. The quantitative estimate of drug-likeness (QED) is 0.522. The molecular weight excluding hydrogens is 128 g/mol. The third-order valence-electron chi connectivity index (χ3n) is 1.28. The summed E-state index contributed by atoms with van der Waals surface area (Å²) >= 11 is 0. The summed E-state index contributed by atoms with van der Waals surface area (Å²) in [5.41, 5.74) is 10.8. The maximum Gasteiger partial charge on any atom is 0.0629 e. The smallest absolute Gasteiger partial charge is 0.0629 e. The lowest BCUT2D eigenvalue weighted by molar-refractivity contribution is 0.120. The van der Waals surface area contributed by atoms with Crippen molar-refractivity contribution in [3.8, 4) is 0 Å². The van der Waals surface area contributed by atoms with Crippen LogP contribution < -0.4 is 11.5 Å². The first-order valence-electron chi connectivity index (χ1n) is 3.84. The topological polar surface area (TPSA) is 61.3 Å². The van der Waals surface area contributed by atoms with E-state index in [4.69, 9.17) is 16.2 Å². The minimum absolute atomic E-state index is 0.0110. The molecule has 0 fully saturated rings.